The molecule has 1 amide bonds. The topological polar surface area (TPSA) is 71.2 Å². The monoisotopic (exact) mass is 262 g/mol. The van der Waals surface area contributed by atoms with E-state index in [9.17, 15) is 18.0 Å². The molecule has 0 saturated carbocycles. The number of rotatable bonds is 4. The maximum Gasteiger partial charge on any atom is 0.406 e. The highest BCUT2D eigenvalue weighted by molar-refractivity contribution is 5.94. The number of aromatic nitrogens is 1. The Bertz CT molecular complexity index is 405. The molecule has 0 spiro atoms. The molecular weight excluding hydrogens is 249 g/mol. The minimum Gasteiger partial charge on any atom is -0.330 e. The third-order valence-electron chi connectivity index (χ3n) is 2.20. The van der Waals surface area contributed by atoms with Crippen LogP contribution in [0.25, 0.3) is 0 Å². The predicted octanol–water partition coefficient (Wildman–Crippen LogP) is 1.39. The number of nitrogens with two attached hydrogens (primary N) is 1. The predicted molar refractivity (Wildman–Crippen MR) is 59.7 cm³/mol. The average molecular weight is 262 g/mol. The average Bonchev–Trinajstić information content (AvgIpc) is 2.34. The summed E-state index contributed by atoms with van der Waals surface area (Å²) in [5, 5.41) is 0. The molecule has 1 heterocycles. The van der Waals surface area contributed by atoms with Gasteiger partial charge in [0.25, 0.3) is 5.91 Å². The quantitative estimate of drug-likeness (QED) is 0.635. The fourth-order valence-electron chi connectivity index (χ4n) is 1.33. The highest BCUT2D eigenvalue weighted by atomic mass is 19.4. The zero-order valence-corrected chi connectivity index (χ0v) is 9.66. The number of hydrazine groups is 1. The zero-order valence-electron chi connectivity index (χ0n) is 9.66. The summed E-state index contributed by atoms with van der Waals surface area (Å²) in [4.78, 5) is 16.3. The van der Waals surface area contributed by atoms with Crippen molar-refractivity contribution in [1.82, 2.24) is 9.88 Å². The fourth-order valence-corrected chi connectivity index (χ4v) is 1.33. The maximum absolute atomic E-state index is 12.3. The number of pyridine rings is 1. The van der Waals surface area contributed by atoms with Crippen molar-refractivity contribution in [1.29, 1.82) is 0 Å². The van der Waals surface area contributed by atoms with Gasteiger partial charge in [-0.15, -0.1) is 0 Å². The molecule has 1 aromatic heterocycles. The standard InChI is InChI=1S/C10H13F3N4O/c1-2-17(6-10(11,12)13)9(18)7-3-4-8(16-14)15-5-7/h3-5H,2,6,14H2,1H3,(H,15,16). The molecule has 5 nitrogen and oxygen atoms in total. The molecule has 8 heteroatoms. The number of halogens is 3. The molecular formula is C10H13F3N4O. The van der Waals surface area contributed by atoms with Gasteiger partial charge in [0, 0.05) is 12.7 Å². The van der Waals surface area contributed by atoms with Gasteiger partial charge in [0.05, 0.1) is 5.56 Å². The molecule has 0 aliphatic heterocycles. The van der Waals surface area contributed by atoms with E-state index in [1.807, 2.05) is 0 Å². The Morgan fingerprint density at radius 1 is 1.50 bits per heavy atom. The molecule has 0 aliphatic carbocycles. The second kappa shape index (κ2) is 5.67. The van der Waals surface area contributed by atoms with Gasteiger partial charge in [-0.2, -0.15) is 13.2 Å². The summed E-state index contributed by atoms with van der Waals surface area (Å²) in [7, 11) is 0. The van der Waals surface area contributed by atoms with Crippen LogP contribution in [0.2, 0.25) is 0 Å². The number of nitrogens with one attached hydrogen (secondary N) is 1. The second-order valence-corrected chi connectivity index (χ2v) is 3.51. The van der Waals surface area contributed by atoms with Crippen molar-refractivity contribution in [2.24, 2.45) is 5.84 Å². The molecule has 1 aromatic rings. The van der Waals surface area contributed by atoms with Crippen LogP contribution in [0.5, 0.6) is 0 Å². The fraction of sp³-hybridized carbons (Fsp3) is 0.400. The lowest BCUT2D eigenvalue weighted by Crippen LogP contribution is -2.38. The number of alkyl halides is 3. The first kappa shape index (κ1) is 14.2. The minimum atomic E-state index is -4.42. The molecule has 1 rings (SSSR count). The number of anilines is 1. The van der Waals surface area contributed by atoms with E-state index in [-0.39, 0.29) is 12.1 Å². The molecule has 0 saturated heterocycles. The molecule has 0 atom stereocenters. The lowest BCUT2D eigenvalue weighted by molar-refractivity contribution is -0.140. The Hall–Kier alpha value is -1.83. The minimum absolute atomic E-state index is 0.0325. The molecule has 18 heavy (non-hydrogen) atoms. The molecule has 0 aromatic carbocycles. The van der Waals surface area contributed by atoms with Crippen LogP contribution in [0.15, 0.2) is 18.3 Å². The molecule has 0 aliphatic rings. The smallest absolute Gasteiger partial charge is 0.330 e. The van der Waals surface area contributed by atoms with E-state index >= 15 is 0 Å². The molecule has 0 fully saturated rings. The summed E-state index contributed by atoms with van der Waals surface area (Å²) in [6.07, 6.45) is -3.24. The number of hydrogen-bond donors (Lipinski definition) is 2. The van der Waals surface area contributed by atoms with Crippen molar-refractivity contribution < 1.29 is 18.0 Å². The summed E-state index contributed by atoms with van der Waals surface area (Å²) in [5.41, 5.74) is 2.34. The first-order valence-corrected chi connectivity index (χ1v) is 5.16. The Morgan fingerprint density at radius 3 is 2.56 bits per heavy atom. The SMILES string of the molecule is CCN(CC(F)(F)F)C(=O)c1ccc(NN)nc1. The third-order valence-corrected chi connectivity index (χ3v) is 2.20. The second-order valence-electron chi connectivity index (χ2n) is 3.51. The van der Waals surface area contributed by atoms with Gasteiger partial charge in [-0.1, -0.05) is 0 Å². The molecule has 0 bridgehead atoms. The van der Waals surface area contributed by atoms with Crippen molar-refractivity contribution >= 4 is 11.7 Å². The van der Waals surface area contributed by atoms with Crippen LogP contribution in [0.1, 0.15) is 17.3 Å². The first-order chi connectivity index (χ1) is 8.37. The number of nitrogens with zero attached hydrogens (tertiary/aromatic N) is 2. The number of hydrogen-bond acceptors (Lipinski definition) is 4. The number of amides is 1. The summed E-state index contributed by atoms with van der Waals surface area (Å²) in [5.74, 6) is 4.70. The third kappa shape index (κ3) is 3.88. The van der Waals surface area contributed by atoms with Crippen LogP contribution < -0.4 is 11.3 Å². The lowest BCUT2D eigenvalue weighted by atomic mass is 10.2. The molecule has 3 N–H and O–H groups in total. The van der Waals surface area contributed by atoms with E-state index < -0.39 is 18.6 Å². The van der Waals surface area contributed by atoms with Crippen LogP contribution in [0.4, 0.5) is 19.0 Å². The Balaban J connectivity index is 2.82. The normalized spacial score (nSPS) is 11.2. The van der Waals surface area contributed by atoms with E-state index in [4.69, 9.17) is 5.84 Å². The number of carbonyl (C=O) groups is 1. The van der Waals surface area contributed by atoms with Crippen molar-refractivity contribution in [3.05, 3.63) is 23.9 Å². The summed E-state index contributed by atoms with van der Waals surface area (Å²) in [6, 6.07) is 2.78. The summed E-state index contributed by atoms with van der Waals surface area (Å²) in [6.45, 7) is 0.168. The zero-order chi connectivity index (χ0) is 13.8. The molecule has 0 radical (unpaired) electrons. The van der Waals surface area contributed by atoms with Gasteiger partial charge in [-0.3, -0.25) is 4.79 Å². The van der Waals surface area contributed by atoms with Gasteiger partial charge in [0.2, 0.25) is 0 Å². The Morgan fingerprint density at radius 2 is 2.17 bits per heavy atom. The van der Waals surface area contributed by atoms with Crippen LogP contribution >= 0.6 is 0 Å². The highest BCUT2D eigenvalue weighted by Gasteiger charge is 2.32. The Labute approximate surface area is 102 Å². The first-order valence-electron chi connectivity index (χ1n) is 5.16. The van der Waals surface area contributed by atoms with Crippen molar-refractivity contribution in [2.75, 3.05) is 18.5 Å². The van der Waals surface area contributed by atoms with E-state index in [1.165, 1.54) is 25.3 Å². The van der Waals surface area contributed by atoms with Crippen LogP contribution in [-0.2, 0) is 0 Å². The lowest BCUT2D eigenvalue weighted by Gasteiger charge is -2.22. The van der Waals surface area contributed by atoms with Crippen LogP contribution in [0, 0.1) is 0 Å². The van der Waals surface area contributed by atoms with Crippen molar-refractivity contribution in [3.8, 4) is 0 Å². The van der Waals surface area contributed by atoms with E-state index in [1.54, 1.807) is 0 Å². The van der Waals surface area contributed by atoms with E-state index in [0.717, 1.165) is 0 Å². The van der Waals surface area contributed by atoms with Gasteiger partial charge < -0.3 is 10.3 Å². The van der Waals surface area contributed by atoms with Gasteiger partial charge in [-0.05, 0) is 19.1 Å². The highest BCUT2D eigenvalue weighted by Crippen LogP contribution is 2.18. The van der Waals surface area contributed by atoms with Gasteiger partial charge >= 0.3 is 6.18 Å². The molecule has 0 unspecified atom stereocenters. The number of nitrogen functional groups attached to an aromatic ring is 1. The Kier molecular flexibility index (Phi) is 4.49. The van der Waals surface area contributed by atoms with Crippen LogP contribution in [0.3, 0.4) is 0 Å². The number of carbonyl (C=O) groups excluding carboxylic acids is 1. The summed E-state index contributed by atoms with van der Waals surface area (Å²) < 4.78 is 36.8. The van der Waals surface area contributed by atoms with Gasteiger partial charge in [-0.25, -0.2) is 10.8 Å². The van der Waals surface area contributed by atoms with Gasteiger partial charge in [0.1, 0.15) is 12.4 Å². The van der Waals surface area contributed by atoms with Crippen molar-refractivity contribution in [3.63, 3.8) is 0 Å². The largest absolute Gasteiger partial charge is 0.406 e. The summed E-state index contributed by atoms with van der Waals surface area (Å²) >= 11 is 0. The maximum atomic E-state index is 12.3. The van der Waals surface area contributed by atoms with E-state index in [2.05, 4.69) is 10.4 Å². The van der Waals surface area contributed by atoms with Gasteiger partial charge in [0.15, 0.2) is 0 Å². The molecule has 100 valence electrons. The van der Waals surface area contributed by atoms with E-state index in [0.29, 0.717) is 10.7 Å². The van der Waals surface area contributed by atoms with Crippen LogP contribution in [-0.4, -0.2) is 35.1 Å². The van der Waals surface area contributed by atoms with Crippen molar-refractivity contribution in [2.45, 2.75) is 13.1 Å².